The van der Waals surface area contributed by atoms with Crippen LogP contribution in [0.2, 0.25) is 10.3 Å². The molecule has 0 aliphatic heterocycles. The third kappa shape index (κ3) is 2.83. The third-order valence-electron chi connectivity index (χ3n) is 2.44. The van der Waals surface area contributed by atoms with E-state index in [4.69, 9.17) is 23.2 Å². The number of hydrogen-bond donors (Lipinski definition) is 1. The van der Waals surface area contributed by atoms with Gasteiger partial charge in [-0.25, -0.2) is 4.98 Å². The molecule has 0 aromatic carbocycles. The zero-order chi connectivity index (χ0) is 13.1. The Hall–Kier alpha value is -1.10. The molecule has 2 rings (SSSR count). The number of allylic oxidation sites excluding steroid dienone is 1. The summed E-state index contributed by atoms with van der Waals surface area (Å²) in [7, 11) is 0. The van der Waals surface area contributed by atoms with Crippen molar-refractivity contribution in [3.8, 4) is 0 Å². The molecule has 18 heavy (non-hydrogen) atoms. The van der Waals surface area contributed by atoms with Crippen LogP contribution in [0.5, 0.6) is 0 Å². The largest absolute Gasteiger partial charge is 0.338 e. The van der Waals surface area contributed by atoms with Crippen molar-refractivity contribution in [1.29, 1.82) is 0 Å². The molecule has 0 aliphatic carbocycles. The van der Waals surface area contributed by atoms with Gasteiger partial charge in [0.25, 0.3) is 0 Å². The molecule has 2 heterocycles. The molecule has 0 bridgehead atoms. The Morgan fingerprint density at radius 1 is 1.44 bits per heavy atom. The van der Waals surface area contributed by atoms with Crippen LogP contribution in [0.3, 0.4) is 0 Å². The van der Waals surface area contributed by atoms with Crippen molar-refractivity contribution in [2.45, 2.75) is 13.3 Å². The van der Waals surface area contributed by atoms with Gasteiger partial charge in [0, 0.05) is 16.3 Å². The molecule has 2 aromatic rings. The maximum Gasteiger partial charge on any atom is 0.224 e. The summed E-state index contributed by atoms with van der Waals surface area (Å²) in [5, 5.41) is 7.78. The molecule has 0 aliphatic rings. The molecule has 94 valence electrons. The summed E-state index contributed by atoms with van der Waals surface area (Å²) in [4.78, 5) is 7.87. The average Bonchev–Trinajstić information content (AvgIpc) is 2.81. The summed E-state index contributed by atoms with van der Waals surface area (Å²) in [6, 6.07) is 0. The number of halogens is 2. The summed E-state index contributed by atoms with van der Waals surface area (Å²) >= 11 is 13.4. The van der Waals surface area contributed by atoms with E-state index in [0.717, 1.165) is 23.2 Å². The fraction of sp³-hybridized carbons (Fsp3) is 0.167. The van der Waals surface area contributed by atoms with E-state index in [0.29, 0.717) is 10.8 Å². The molecule has 3 nitrogen and oxygen atoms in total. The monoisotopic (exact) mass is 299 g/mol. The highest BCUT2D eigenvalue weighted by atomic mass is 35.5. The van der Waals surface area contributed by atoms with E-state index in [2.05, 4.69) is 28.8 Å². The van der Waals surface area contributed by atoms with Crippen molar-refractivity contribution in [3.63, 3.8) is 0 Å². The van der Waals surface area contributed by atoms with E-state index in [-0.39, 0.29) is 5.28 Å². The van der Waals surface area contributed by atoms with Crippen LogP contribution in [0.4, 0.5) is 11.5 Å². The molecule has 0 fully saturated rings. The Kier molecular flexibility index (Phi) is 4.22. The second kappa shape index (κ2) is 5.69. The maximum atomic E-state index is 6.01. The molecule has 0 saturated heterocycles. The van der Waals surface area contributed by atoms with Crippen LogP contribution in [-0.2, 0) is 0 Å². The first kappa shape index (κ1) is 13.3. The summed E-state index contributed by atoms with van der Waals surface area (Å²) in [6.07, 6.45) is 2.36. The van der Waals surface area contributed by atoms with Crippen LogP contribution >= 0.6 is 34.5 Å². The minimum Gasteiger partial charge on any atom is -0.338 e. The topological polar surface area (TPSA) is 37.8 Å². The molecule has 1 N–H and O–H groups in total. The standard InChI is InChI=1S/C12H11Cl2N3S/c1-3-7(2)8-5-18-6-10(8)16-11-9(13)4-15-12(14)17-11/h4-6H,2-3H2,1H3,(H,15,16,17). The maximum absolute atomic E-state index is 6.01. The minimum atomic E-state index is 0.160. The van der Waals surface area contributed by atoms with Gasteiger partial charge in [-0.2, -0.15) is 4.98 Å². The van der Waals surface area contributed by atoms with Crippen molar-refractivity contribution in [1.82, 2.24) is 9.97 Å². The van der Waals surface area contributed by atoms with E-state index in [9.17, 15) is 0 Å². The first-order valence-electron chi connectivity index (χ1n) is 5.31. The van der Waals surface area contributed by atoms with E-state index >= 15 is 0 Å². The zero-order valence-electron chi connectivity index (χ0n) is 9.70. The molecule has 0 radical (unpaired) electrons. The van der Waals surface area contributed by atoms with Crippen LogP contribution in [0.15, 0.2) is 23.5 Å². The zero-order valence-corrected chi connectivity index (χ0v) is 12.0. The summed E-state index contributed by atoms with van der Waals surface area (Å²) < 4.78 is 0. The molecule has 6 heteroatoms. The van der Waals surface area contributed by atoms with Gasteiger partial charge in [0.1, 0.15) is 5.02 Å². The second-order valence-corrected chi connectivity index (χ2v) is 5.11. The number of nitrogens with zero attached hydrogens (tertiary/aromatic N) is 2. The smallest absolute Gasteiger partial charge is 0.224 e. The van der Waals surface area contributed by atoms with Crippen molar-refractivity contribution < 1.29 is 0 Å². The van der Waals surface area contributed by atoms with Crippen molar-refractivity contribution in [2.75, 3.05) is 5.32 Å². The van der Waals surface area contributed by atoms with Crippen molar-refractivity contribution in [2.24, 2.45) is 0 Å². The van der Waals surface area contributed by atoms with Crippen molar-refractivity contribution >= 4 is 51.6 Å². The predicted octanol–water partition coefficient (Wildman–Crippen LogP) is 5.01. The Labute approximate surface area is 119 Å². The second-order valence-electron chi connectivity index (χ2n) is 3.62. The summed E-state index contributed by atoms with van der Waals surface area (Å²) in [5.41, 5.74) is 3.08. The highest BCUT2D eigenvalue weighted by Crippen LogP contribution is 2.32. The first-order valence-corrected chi connectivity index (χ1v) is 7.01. The lowest BCUT2D eigenvalue weighted by Gasteiger charge is -2.09. The molecule has 0 atom stereocenters. The van der Waals surface area contributed by atoms with E-state index in [1.54, 1.807) is 11.3 Å². The molecule has 0 saturated carbocycles. The molecule has 0 unspecified atom stereocenters. The van der Waals surface area contributed by atoms with Crippen molar-refractivity contribution in [3.05, 3.63) is 39.4 Å². The highest BCUT2D eigenvalue weighted by molar-refractivity contribution is 7.08. The highest BCUT2D eigenvalue weighted by Gasteiger charge is 2.10. The Morgan fingerprint density at radius 3 is 2.94 bits per heavy atom. The Balaban J connectivity index is 2.32. The summed E-state index contributed by atoms with van der Waals surface area (Å²) in [5.74, 6) is 0.500. The molecule has 0 spiro atoms. The van der Waals surface area contributed by atoms with Gasteiger partial charge in [-0.3, -0.25) is 0 Å². The number of thiophene rings is 1. The van der Waals surface area contributed by atoms with Gasteiger partial charge in [-0.1, -0.05) is 25.1 Å². The Bertz CT molecular complexity index is 580. The lowest BCUT2D eigenvalue weighted by atomic mass is 10.1. The van der Waals surface area contributed by atoms with Gasteiger partial charge in [0.15, 0.2) is 5.82 Å². The predicted molar refractivity (Wildman–Crippen MR) is 79.0 cm³/mol. The first-order chi connectivity index (χ1) is 8.61. The fourth-order valence-corrected chi connectivity index (χ4v) is 2.51. The van der Waals surface area contributed by atoms with Crippen LogP contribution in [0.25, 0.3) is 5.57 Å². The fourth-order valence-electron chi connectivity index (χ4n) is 1.42. The normalized spacial score (nSPS) is 10.4. The number of nitrogens with one attached hydrogen (secondary N) is 1. The van der Waals surface area contributed by atoms with E-state index < -0.39 is 0 Å². The number of rotatable bonds is 4. The lowest BCUT2D eigenvalue weighted by Crippen LogP contribution is -1.97. The van der Waals surface area contributed by atoms with Gasteiger partial charge >= 0.3 is 0 Å². The van der Waals surface area contributed by atoms with Gasteiger partial charge in [0.2, 0.25) is 5.28 Å². The lowest BCUT2D eigenvalue weighted by molar-refractivity contribution is 1.17. The van der Waals surface area contributed by atoms with Gasteiger partial charge in [0.05, 0.1) is 11.9 Å². The third-order valence-corrected chi connectivity index (χ3v) is 3.64. The molecule has 2 aromatic heterocycles. The van der Waals surface area contributed by atoms with Crippen LogP contribution in [0, 0.1) is 0 Å². The van der Waals surface area contributed by atoms with Gasteiger partial charge < -0.3 is 5.32 Å². The quantitative estimate of drug-likeness (QED) is 0.806. The summed E-state index contributed by atoms with van der Waals surface area (Å²) in [6.45, 7) is 6.10. The average molecular weight is 300 g/mol. The van der Waals surface area contributed by atoms with Crippen LogP contribution < -0.4 is 5.32 Å². The number of hydrogen-bond acceptors (Lipinski definition) is 4. The number of aromatic nitrogens is 2. The van der Waals surface area contributed by atoms with Gasteiger partial charge in [-0.05, 0) is 23.6 Å². The van der Waals surface area contributed by atoms with E-state index in [1.165, 1.54) is 6.20 Å². The van der Waals surface area contributed by atoms with Crippen LogP contribution in [0.1, 0.15) is 18.9 Å². The molecular formula is C12H11Cl2N3S. The van der Waals surface area contributed by atoms with Gasteiger partial charge in [-0.15, -0.1) is 11.3 Å². The van der Waals surface area contributed by atoms with Crippen LogP contribution in [-0.4, -0.2) is 9.97 Å². The Morgan fingerprint density at radius 2 is 2.22 bits per heavy atom. The SMILES string of the molecule is C=C(CC)c1cscc1Nc1nc(Cl)ncc1Cl. The number of anilines is 2. The molecule has 0 amide bonds. The van der Waals surface area contributed by atoms with E-state index in [1.807, 2.05) is 10.8 Å². The molecular weight excluding hydrogens is 289 g/mol. The minimum absolute atomic E-state index is 0.160.